The molecule has 1 N–H and O–H groups in total. The monoisotopic (exact) mass is 236 g/mol. The van der Waals surface area contributed by atoms with Crippen LogP contribution < -0.4 is 0 Å². The lowest BCUT2D eigenvalue weighted by Crippen LogP contribution is -2.42. The van der Waals surface area contributed by atoms with Gasteiger partial charge in [-0.25, -0.2) is 9.97 Å². The van der Waals surface area contributed by atoms with Crippen LogP contribution in [0.15, 0.2) is 12.3 Å². The molecule has 5 heteroatoms. The van der Waals surface area contributed by atoms with E-state index in [0.717, 1.165) is 0 Å². The number of hydrogen-bond donors (Lipinski definition) is 1. The van der Waals surface area contributed by atoms with Crippen LogP contribution in [0.4, 0.5) is 0 Å². The molecule has 0 bridgehead atoms. The van der Waals surface area contributed by atoms with E-state index in [9.17, 15) is 9.90 Å². The molecule has 1 aromatic heterocycles. The molecule has 5 nitrogen and oxygen atoms in total. The highest BCUT2D eigenvalue weighted by atomic mass is 16.5. The Balaban J connectivity index is 2.41. The molecule has 0 saturated carbocycles. The quantitative estimate of drug-likeness (QED) is 0.853. The van der Waals surface area contributed by atoms with Crippen molar-refractivity contribution in [3.63, 3.8) is 0 Å². The minimum Gasteiger partial charge on any atom is -0.481 e. The summed E-state index contributed by atoms with van der Waals surface area (Å²) in [5.41, 5.74) is -0.286. The third-order valence-corrected chi connectivity index (χ3v) is 3.27. The van der Waals surface area contributed by atoms with Gasteiger partial charge in [-0.05, 0) is 18.9 Å². The summed E-state index contributed by atoms with van der Waals surface area (Å²) in [7, 11) is 0. The molecule has 1 aliphatic heterocycles. The van der Waals surface area contributed by atoms with Gasteiger partial charge in [-0.15, -0.1) is 0 Å². The van der Waals surface area contributed by atoms with Crippen LogP contribution in [-0.2, 0) is 21.4 Å². The molecule has 0 unspecified atom stereocenters. The highest BCUT2D eigenvalue weighted by Gasteiger charge is 2.43. The fourth-order valence-electron chi connectivity index (χ4n) is 2.14. The average Bonchev–Trinajstić information content (AvgIpc) is 2.39. The Morgan fingerprint density at radius 1 is 1.53 bits per heavy atom. The predicted molar refractivity (Wildman–Crippen MR) is 60.8 cm³/mol. The fourth-order valence-corrected chi connectivity index (χ4v) is 2.14. The van der Waals surface area contributed by atoms with Gasteiger partial charge in [0.25, 0.3) is 0 Å². The number of ether oxygens (including phenoxy) is 1. The maximum Gasteiger partial charge on any atom is 0.315 e. The van der Waals surface area contributed by atoms with E-state index in [1.54, 1.807) is 12.3 Å². The van der Waals surface area contributed by atoms with E-state index in [-0.39, 0.29) is 0 Å². The second-order valence-corrected chi connectivity index (χ2v) is 4.21. The average molecular weight is 236 g/mol. The van der Waals surface area contributed by atoms with Crippen molar-refractivity contribution in [2.75, 3.05) is 13.2 Å². The first-order chi connectivity index (χ1) is 8.19. The highest BCUT2D eigenvalue weighted by molar-refractivity contribution is 5.80. The summed E-state index contributed by atoms with van der Waals surface area (Å²) in [5.74, 6) is -0.129. The van der Waals surface area contributed by atoms with E-state index >= 15 is 0 Å². The first kappa shape index (κ1) is 12.0. The van der Waals surface area contributed by atoms with Crippen LogP contribution in [0.2, 0.25) is 0 Å². The second kappa shape index (κ2) is 4.79. The zero-order chi connectivity index (χ0) is 12.3. The largest absolute Gasteiger partial charge is 0.481 e. The summed E-state index contributed by atoms with van der Waals surface area (Å²) in [6.45, 7) is 2.89. The number of aromatic nitrogens is 2. The highest BCUT2D eigenvalue weighted by Crippen LogP contribution is 2.33. The number of nitrogens with zero attached hydrogens (tertiary/aromatic N) is 2. The lowest BCUT2D eigenvalue weighted by molar-refractivity contribution is -0.148. The minimum atomic E-state index is -0.898. The number of rotatable bonds is 3. The van der Waals surface area contributed by atoms with Crippen LogP contribution in [0, 0.1) is 0 Å². The Morgan fingerprint density at radius 3 is 2.82 bits per heavy atom. The van der Waals surface area contributed by atoms with Gasteiger partial charge in [-0.3, -0.25) is 4.79 Å². The molecule has 2 heterocycles. The summed E-state index contributed by atoms with van der Waals surface area (Å²) in [5, 5.41) is 9.49. The molecule has 0 aromatic carbocycles. The maximum atomic E-state index is 11.6. The summed E-state index contributed by atoms with van der Waals surface area (Å²) >= 11 is 0. The van der Waals surface area contributed by atoms with Gasteiger partial charge < -0.3 is 9.84 Å². The Morgan fingerprint density at radius 2 is 2.24 bits per heavy atom. The van der Waals surface area contributed by atoms with Gasteiger partial charge in [0.15, 0.2) is 0 Å². The number of carboxylic acids is 1. The van der Waals surface area contributed by atoms with Crippen molar-refractivity contribution in [1.29, 1.82) is 0 Å². The first-order valence-electron chi connectivity index (χ1n) is 5.82. The molecule has 1 aliphatic rings. The molecule has 1 fully saturated rings. The van der Waals surface area contributed by atoms with Crippen molar-refractivity contribution >= 4 is 5.97 Å². The van der Waals surface area contributed by atoms with Crippen molar-refractivity contribution in [3.8, 4) is 0 Å². The van der Waals surface area contributed by atoms with Crippen molar-refractivity contribution in [2.24, 2.45) is 0 Å². The lowest BCUT2D eigenvalue weighted by atomic mass is 9.77. The van der Waals surface area contributed by atoms with Crippen LogP contribution in [-0.4, -0.2) is 34.3 Å². The van der Waals surface area contributed by atoms with Gasteiger partial charge in [-0.2, -0.15) is 0 Å². The van der Waals surface area contributed by atoms with Crippen molar-refractivity contribution in [3.05, 3.63) is 23.8 Å². The van der Waals surface area contributed by atoms with Gasteiger partial charge in [0.2, 0.25) is 0 Å². The predicted octanol–water partition coefficient (Wildman–Crippen LogP) is 1.17. The van der Waals surface area contributed by atoms with E-state index in [2.05, 4.69) is 9.97 Å². The lowest BCUT2D eigenvalue weighted by Gasteiger charge is -2.32. The summed E-state index contributed by atoms with van der Waals surface area (Å²) in [4.78, 5) is 20.0. The van der Waals surface area contributed by atoms with Crippen LogP contribution >= 0.6 is 0 Å². The van der Waals surface area contributed by atoms with Gasteiger partial charge in [0, 0.05) is 25.8 Å². The standard InChI is InChI=1S/C12H16N2O3/c1-2-10-13-6-3-9(14-10)12(11(15)16)4-7-17-8-5-12/h3,6H,2,4-5,7-8H2,1H3,(H,15,16). The Labute approximate surface area is 99.9 Å². The number of carboxylic acid groups (broad SMARTS) is 1. The van der Waals surface area contributed by atoms with E-state index in [1.165, 1.54) is 0 Å². The summed E-state index contributed by atoms with van der Waals surface area (Å²) in [6, 6.07) is 1.71. The summed E-state index contributed by atoms with van der Waals surface area (Å²) < 4.78 is 5.25. The molecule has 0 aliphatic carbocycles. The van der Waals surface area contributed by atoms with Gasteiger partial charge in [-0.1, -0.05) is 6.92 Å². The molecule has 17 heavy (non-hydrogen) atoms. The van der Waals surface area contributed by atoms with E-state index in [4.69, 9.17) is 4.74 Å². The van der Waals surface area contributed by atoms with Crippen LogP contribution in [0.3, 0.4) is 0 Å². The third-order valence-electron chi connectivity index (χ3n) is 3.27. The van der Waals surface area contributed by atoms with Crippen molar-refractivity contribution in [1.82, 2.24) is 9.97 Å². The fraction of sp³-hybridized carbons (Fsp3) is 0.583. The Kier molecular flexibility index (Phi) is 3.38. The second-order valence-electron chi connectivity index (χ2n) is 4.21. The van der Waals surface area contributed by atoms with E-state index in [0.29, 0.717) is 44.0 Å². The van der Waals surface area contributed by atoms with Crippen molar-refractivity contribution < 1.29 is 14.6 Å². The van der Waals surface area contributed by atoms with E-state index in [1.807, 2.05) is 6.92 Å². The Bertz CT molecular complexity index is 414. The third kappa shape index (κ3) is 2.15. The number of hydrogen-bond acceptors (Lipinski definition) is 4. The van der Waals surface area contributed by atoms with Gasteiger partial charge in [0.05, 0.1) is 5.69 Å². The summed E-state index contributed by atoms with van der Waals surface area (Å²) in [6.07, 6.45) is 3.30. The SMILES string of the molecule is CCc1nccc(C2(C(=O)O)CCOCC2)n1. The molecule has 1 saturated heterocycles. The number of aliphatic carboxylic acids is 1. The van der Waals surface area contributed by atoms with Crippen LogP contribution in [0.25, 0.3) is 0 Å². The number of aryl methyl sites for hydroxylation is 1. The Hall–Kier alpha value is -1.49. The van der Waals surface area contributed by atoms with Crippen LogP contribution in [0.1, 0.15) is 31.3 Å². The molecule has 0 radical (unpaired) electrons. The first-order valence-corrected chi connectivity index (χ1v) is 5.82. The molecular weight excluding hydrogens is 220 g/mol. The van der Waals surface area contributed by atoms with Gasteiger partial charge in [0.1, 0.15) is 11.2 Å². The zero-order valence-corrected chi connectivity index (χ0v) is 9.85. The minimum absolute atomic E-state index is 0.470. The molecular formula is C12H16N2O3. The molecule has 92 valence electrons. The molecule has 0 atom stereocenters. The molecule has 0 amide bonds. The molecule has 1 aromatic rings. The topological polar surface area (TPSA) is 72.3 Å². The molecule has 0 spiro atoms. The zero-order valence-electron chi connectivity index (χ0n) is 9.85. The van der Waals surface area contributed by atoms with Crippen molar-refractivity contribution in [2.45, 2.75) is 31.6 Å². The van der Waals surface area contributed by atoms with E-state index < -0.39 is 11.4 Å². The van der Waals surface area contributed by atoms with Gasteiger partial charge >= 0.3 is 5.97 Å². The van der Waals surface area contributed by atoms with Crippen LogP contribution in [0.5, 0.6) is 0 Å². The maximum absolute atomic E-state index is 11.6. The molecule has 2 rings (SSSR count). The number of carbonyl (C=O) groups is 1. The normalized spacial score (nSPS) is 18.9. The smallest absolute Gasteiger partial charge is 0.315 e.